The number of aromatic hydroxyl groups is 1. The van der Waals surface area contributed by atoms with E-state index in [-0.39, 0.29) is 28.1 Å². The maximum atomic E-state index is 13.2. The van der Waals surface area contributed by atoms with Gasteiger partial charge in [-0.3, -0.25) is 4.79 Å². The number of nitrogens with one attached hydrogen (secondary N) is 1. The lowest BCUT2D eigenvalue weighted by atomic mass is 10.0. The number of hydrogen-bond acceptors (Lipinski definition) is 7. The van der Waals surface area contributed by atoms with Crippen LogP contribution in [-0.4, -0.2) is 38.1 Å². The average molecular weight is 517 g/mol. The monoisotopic (exact) mass is 516 g/mol. The van der Waals surface area contributed by atoms with E-state index in [0.29, 0.717) is 10.3 Å². The molecule has 0 radical (unpaired) electrons. The van der Waals surface area contributed by atoms with Gasteiger partial charge in [-0.25, -0.2) is 14.6 Å². The van der Waals surface area contributed by atoms with E-state index in [0.717, 1.165) is 38.1 Å². The van der Waals surface area contributed by atoms with Crippen LogP contribution in [0, 0.1) is 0 Å². The predicted octanol–water partition coefficient (Wildman–Crippen LogP) is 5.96. The van der Waals surface area contributed by atoms with Crippen molar-refractivity contribution in [2.45, 2.75) is 9.24 Å². The number of para-hydroxylation sites is 1. The largest absolute Gasteiger partial charge is 0.506 e. The second-order valence-electron chi connectivity index (χ2n) is 7.73. The highest BCUT2D eigenvalue weighted by atomic mass is 32.2. The zero-order valence-electron chi connectivity index (χ0n) is 18.3. The number of nitrogens with zero attached hydrogens (tertiary/aromatic N) is 1. The number of fused-ring (bicyclic) bond motifs is 2. The molecule has 10 heteroatoms. The summed E-state index contributed by atoms with van der Waals surface area (Å²) >= 11 is 2.87. The molecule has 8 nitrogen and oxygen atoms in total. The fourth-order valence-electron chi connectivity index (χ4n) is 3.72. The van der Waals surface area contributed by atoms with Crippen molar-refractivity contribution in [3.05, 3.63) is 89.5 Å². The summed E-state index contributed by atoms with van der Waals surface area (Å²) in [6, 6.07) is 19.7. The molecule has 1 amide bonds. The second-order valence-corrected chi connectivity index (χ2v) is 10.0. The van der Waals surface area contributed by atoms with Crippen molar-refractivity contribution in [2.75, 3.05) is 5.32 Å². The van der Waals surface area contributed by atoms with Gasteiger partial charge >= 0.3 is 11.9 Å². The maximum absolute atomic E-state index is 13.2. The minimum absolute atomic E-state index is 0.0229. The third kappa shape index (κ3) is 4.47. The van der Waals surface area contributed by atoms with Gasteiger partial charge in [-0.1, -0.05) is 48.2 Å². The molecule has 1 heterocycles. The summed E-state index contributed by atoms with van der Waals surface area (Å²) in [7, 11) is 0. The molecule has 0 bridgehead atoms. The molecule has 0 spiro atoms. The van der Waals surface area contributed by atoms with Gasteiger partial charge in [-0.05, 0) is 41.8 Å². The Hall–Kier alpha value is -4.41. The number of thiazole rings is 1. The smallest absolute Gasteiger partial charge is 0.335 e. The number of carbonyl (C=O) groups excluding carboxylic acids is 1. The van der Waals surface area contributed by atoms with E-state index in [1.54, 1.807) is 18.2 Å². The fraction of sp³-hybridized carbons (Fsp3) is 0. The van der Waals surface area contributed by atoms with Crippen molar-refractivity contribution >= 4 is 67.6 Å². The summed E-state index contributed by atoms with van der Waals surface area (Å²) in [5.41, 5.74) is 0.207. The minimum atomic E-state index is -1.34. The number of anilines is 1. The third-order valence-corrected chi connectivity index (χ3v) is 7.53. The van der Waals surface area contributed by atoms with Gasteiger partial charge in [0.25, 0.3) is 5.91 Å². The van der Waals surface area contributed by atoms with E-state index in [1.165, 1.54) is 23.1 Å². The number of hydrogen-bond donors (Lipinski definition) is 4. The molecule has 4 aromatic carbocycles. The molecule has 0 aliphatic rings. The quantitative estimate of drug-likeness (QED) is 0.217. The standard InChI is InChI=1S/C26H16N2O6S2/c29-22-17-6-2-1-5-16(17)21(36-26-28-19-7-3-4-8-20(19)35-26)12-18(22)23(30)27-15-10-13(24(31)32)9-14(11-15)25(33)34/h1-12,29H,(H,27,30)(H,31,32)(H,33,34). The van der Waals surface area contributed by atoms with Gasteiger partial charge in [-0.2, -0.15) is 0 Å². The van der Waals surface area contributed by atoms with Crippen LogP contribution < -0.4 is 5.32 Å². The summed E-state index contributed by atoms with van der Waals surface area (Å²) in [6.07, 6.45) is 0. The molecule has 4 N–H and O–H groups in total. The Morgan fingerprint density at radius 2 is 1.47 bits per heavy atom. The molecule has 0 aliphatic carbocycles. The van der Waals surface area contributed by atoms with Gasteiger partial charge in [-0.15, -0.1) is 11.3 Å². The van der Waals surface area contributed by atoms with Crippen LogP contribution in [0.15, 0.2) is 82.0 Å². The van der Waals surface area contributed by atoms with Crippen molar-refractivity contribution in [1.29, 1.82) is 0 Å². The van der Waals surface area contributed by atoms with Gasteiger partial charge in [0, 0.05) is 16.0 Å². The van der Waals surface area contributed by atoms with Crippen molar-refractivity contribution in [1.82, 2.24) is 4.98 Å². The average Bonchev–Trinajstić information content (AvgIpc) is 3.28. The van der Waals surface area contributed by atoms with E-state index in [1.807, 2.05) is 36.4 Å². The predicted molar refractivity (Wildman–Crippen MR) is 138 cm³/mol. The highest BCUT2D eigenvalue weighted by Gasteiger charge is 2.20. The first kappa shape index (κ1) is 23.3. The van der Waals surface area contributed by atoms with Gasteiger partial charge in [0.05, 0.1) is 26.9 Å². The van der Waals surface area contributed by atoms with Crippen LogP contribution in [0.5, 0.6) is 5.75 Å². The molecule has 178 valence electrons. The Bertz CT molecular complexity index is 1630. The minimum Gasteiger partial charge on any atom is -0.506 e. The lowest BCUT2D eigenvalue weighted by molar-refractivity contribution is 0.0696. The number of carboxylic acids is 2. The number of phenolic OH excluding ortho intramolecular Hbond substituents is 1. The molecule has 0 saturated heterocycles. The topological polar surface area (TPSA) is 137 Å². The number of phenols is 1. The van der Waals surface area contributed by atoms with E-state index >= 15 is 0 Å². The molecule has 5 aromatic rings. The van der Waals surface area contributed by atoms with Crippen molar-refractivity contribution in [2.24, 2.45) is 0 Å². The summed E-state index contributed by atoms with van der Waals surface area (Å²) in [5, 5.41) is 33.2. The van der Waals surface area contributed by atoms with Crippen molar-refractivity contribution in [3.63, 3.8) is 0 Å². The summed E-state index contributed by atoms with van der Waals surface area (Å²) < 4.78 is 1.78. The highest BCUT2D eigenvalue weighted by molar-refractivity contribution is 8.01. The molecule has 1 aromatic heterocycles. The van der Waals surface area contributed by atoms with E-state index in [4.69, 9.17) is 0 Å². The number of aromatic nitrogens is 1. The zero-order chi connectivity index (χ0) is 25.4. The Balaban J connectivity index is 1.56. The molecular formula is C26H16N2O6S2. The molecule has 5 rings (SSSR count). The van der Waals surface area contributed by atoms with Crippen LogP contribution in [-0.2, 0) is 0 Å². The molecule has 0 aliphatic heterocycles. The van der Waals surface area contributed by atoms with Gasteiger partial charge < -0.3 is 20.6 Å². The van der Waals surface area contributed by atoms with Crippen molar-refractivity contribution < 1.29 is 29.7 Å². The molecule has 0 unspecified atom stereocenters. The number of carboxylic acid groups (broad SMARTS) is 2. The Morgan fingerprint density at radius 3 is 2.14 bits per heavy atom. The number of benzene rings is 4. The third-order valence-electron chi connectivity index (χ3n) is 5.38. The highest BCUT2D eigenvalue weighted by Crippen LogP contribution is 2.41. The molecule has 0 atom stereocenters. The maximum Gasteiger partial charge on any atom is 0.335 e. The van der Waals surface area contributed by atoms with E-state index in [9.17, 15) is 29.7 Å². The van der Waals surface area contributed by atoms with Crippen LogP contribution in [0.2, 0.25) is 0 Å². The van der Waals surface area contributed by atoms with E-state index in [2.05, 4.69) is 10.3 Å². The molecule has 0 fully saturated rings. The first-order valence-electron chi connectivity index (χ1n) is 10.5. The van der Waals surface area contributed by atoms with Crippen LogP contribution in [0.1, 0.15) is 31.1 Å². The molecular weight excluding hydrogens is 500 g/mol. The lowest BCUT2D eigenvalue weighted by Crippen LogP contribution is -2.14. The van der Waals surface area contributed by atoms with Crippen LogP contribution in [0.4, 0.5) is 5.69 Å². The number of aromatic carboxylic acids is 2. The summed E-state index contributed by atoms with van der Waals surface area (Å²) in [5.74, 6) is -3.64. The Morgan fingerprint density at radius 1 is 0.833 bits per heavy atom. The van der Waals surface area contributed by atoms with Crippen LogP contribution in [0.25, 0.3) is 21.0 Å². The van der Waals surface area contributed by atoms with E-state index < -0.39 is 17.8 Å². The van der Waals surface area contributed by atoms with Crippen molar-refractivity contribution in [3.8, 4) is 5.75 Å². The number of carbonyl (C=O) groups is 3. The first-order valence-corrected chi connectivity index (χ1v) is 12.1. The Kier molecular flexibility index (Phi) is 6.05. The molecule has 0 saturated carbocycles. The number of rotatable bonds is 6. The first-order chi connectivity index (χ1) is 17.3. The number of amides is 1. The summed E-state index contributed by atoms with van der Waals surface area (Å²) in [6.45, 7) is 0. The second kappa shape index (κ2) is 9.33. The fourth-order valence-corrected chi connectivity index (χ4v) is 5.92. The van der Waals surface area contributed by atoms with Gasteiger partial charge in [0.2, 0.25) is 0 Å². The van der Waals surface area contributed by atoms with Crippen LogP contribution in [0.3, 0.4) is 0 Å². The van der Waals surface area contributed by atoms with Gasteiger partial charge in [0.1, 0.15) is 5.75 Å². The molecule has 36 heavy (non-hydrogen) atoms. The normalized spacial score (nSPS) is 11.0. The lowest BCUT2D eigenvalue weighted by Gasteiger charge is -2.13. The Labute approximate surface area is 211 Å². The van der Waals surface area contributed by atoms with Gasteiger partial charge in [0.15, 0.2) is 4.34 Å². The zero-order valence-corrected chi connectivity index (χ0v) is 19.9. The summed E-state index contributed by atoms with van der Waals surface area (Å²) in [4.78, 5) is 41.4. The van der Waals surface area contributed by atoms with Crippen LogP contribution >= 0.6 is 23.1 Å². The SMILES string of the molecule is O=C(O)c1cc(NC(=O)c2cc(Sc3nc4ccccc4s3)c3ccccc3c2O)cc(C(=O)O)c1.